The van der Waals surface area contributed by atoms with E-state index in [0.29, 0.717) is 172 Å². The van der Waals surface area contributed by atoms with Crippen LogP contribution in [0, 0.1) is 130 Å². The molecule has 25 heteroatoms. The van der Waals surface area contributed by atoms with Crippen LogP contribution < -0.4 is 0 Å². The average Bonchev–Trinajstić information content (AvgIpc) is 0.737. The third-order valence-electron chi connectivity index (χ3n) is 41.8. The maximum atomic E-state index is 14.1. The number of hydrogen-bond acceptors (Lipinski definition) is 25. The molecule has 24 bridgehead atoms. The van der Waals surface area contributed by atoms with Crippen molar-refractivity contribution < 1.29 is 120 Å². The van der Waals surface area contributed by atoms with Gasteiger partial charge in [0.2, 0.25) is 0 Å². The molecular weight excluding hydrogens is 1880 g/mol. The molecule has 25 aliphatic rings. The van der Waals surface area contributed by atoms with Gasteiger partial charge in [-0.25, -0.2) is 0 Å². The Bertz CT molecular complexity index is 4980. The fourth-order valence-corrected chi connectivity index (χ4v) is 33.5. The minimum Gasteiger partial charge on any atom is -0.460 e. The molecule has 12 atom stereocenters. The minimum atomic E-state index is -0.926. The van der Waals surface area contributed by atoms with E-state index in [4.69, 9.17) is 52.1 Å². The van der Waals surface area contributed by atoms with Crippen molar-refractivity contribution in [2.24, 2.45) is 130 Å². The van der Waals surface area contributed by atoms with Gasteiger partial charge in [-0.05, 0) is 445 Å². The Morgan fingerprint density at radius 1 is 0.264 bits per heavy atom. The van der Waals surface area contributed by atoms with E-state index in [1.807, 2.05) is 187 Å². The number of ether oxygens (including phenoxy) is 11. The first kappa shape index (κ1) is 115. The summed E-state index contributed by atoms with van der Waals surface area (Å²) in [7, 11) is 0. The Kier molecular flexibility index (Phi) is 30.3. The van der Waals surface area contributed by atoms with Gasteiger partial charge in [0.1, 0.15) is 73.2 Å². The molecule has 834 valence electrons. The number of ketones is 2. The van der Waals surface area contributed by atoms with Crippen LogP contribution in [-0.4, -0.2) is 150 Å². The summed E-state index contributed by atoms with van der Waals surface area (Å²) in [5, 5.41) is 11.3. The summed E-state index contributed by atoms with van der Waals surface area (Å²) in [6.45, 7) is 58.1. The molecule has 25 rings (SSSR count). The van der Waals surface area contributed by atoms with Gasteiger partial charge >= 0.3 is 65.7 Å². The Morgan fingerprint density at radius 3 is 0.858 bits per heavy atom. The van der Waals surface area contributed by atoms with Crippen molar-refractivity contribution in [3.05, 3.63) is 0 Å². The predicted octanol–water partition coefficient (Wildman–Crippen LogP) is 24.9. The molecule has 25 nitrogen and oxygen atoms in total. The maximum Gasteiger partial charge on any atom is 0.312 e. The first-order valence-electron chi connectivity index (χ1n) is 58.3. The topological polar surface area (TPSA) is 344 Å². The van der Waals surface area contributed by atoms with E-state index in [1.165, 1.54) is 44.9 Å². The van der Waals surface area contributed by atoms with Crippen molar-refractivity contribution in [3.8, 4) is 0 Å². The summed E-state index contributed by atoms with van der Waals surface area (Å²) in [6, 6.07) is 0. The van der Waals surface area contributed by atoms with Crippen molar-refractivity contribution in [1.82, 2.24) is 0 Å². The van der Waals surface area contributed by atoms with Crippen LogP contribution in [0.5, 0.6) is 0 Å². The summed E-state index contributed by atoms with van der Waals surface area (Å²) < 4.78 is 67.1. The molecule has 0 aromatic heterocycles. The van der Waals surface area contributed by atoms with Crippen molar-refractivity contribution in [3.63, 3.8) is 0 Å². The average molecular weight is 2070 g/mol. The van der Waals surface area contributed by atoms with Gasteiger partial charge in [-0.1, -0.05) is 48.5 Å². The molecule has 0 amide bonds. The van der Waals surface area contributed by atoms with Gasteiger partial charge in [0, 0.05) is 74.0 Å². The van der Waals surface area contributed by atoms with Gasteiger partial charge in [-0.15, -0.1) is 0 Å². The minimum absolute atomic E-state index is 0.0794. The summed E-state index contributed by atoms with van der Waals surface area (Å²) in [6.07, 6.45) is 34.6. The van der Waals surface area contributed by atoms with Gasteiger partial charge < -0.3 is 57.2 Å². The van der Waals surface area contributed by atoms with Crippen molar-refractivity contribution in [1.29, 1.82) is 0 Å². The van der Waals surface area contributed by atoms with Crippen LogP contribution in [0.4, 0.5) is 0 Å². The molecule has 25 fully saturated rings. The Labute approximate surface area is 885 Å². The van der Waals surface area contributed by atoms with Crippen LogP contribution in [-0.2, 0) is 114 Å². The fraction of sp³-hybridized carbons (Fsp3) is 0.894. The van der Waals surface area contributed by atoms with E-state index < -0.39 is 121 Å². The lowest BCUT2D eigenvalue weighted by Gasteiger charge is -2.63. The van der Waals surface area contributed by atoms with Crippen LogP contribution in [0.25, 0.3) is 0 Å². The molecule has 0 saturated heterocycles. The van der Waals surface area contributed by atoms with Crippen LogP contribution in [0.2, 0.25) is 0 Å². The third kappa shape index (κ3) is 22.5. The highest BCUT2D eigenvalue weighted by Crippen LogP contribution is 2.73. The molecular formula is C123H192O25. The maximum absolute atomic E-state index is 14.1. The van der Waals surface area contributed by atoms with Gasteiger partial charge in [-0.2, -0.15) is 0 Å². The van der Waals surface area contributed by atoms with Crippen LogP contribution in [0.1, 0.15) is 497 Å². The fourth-order valence-electron chi connectivity index (χ4n) is 33.5. The van der Waals surface area contributed by atoms with Gasteiger partial charge in [0.25, 0.3) is 0 Å². The van der Waals surface area contributed by atoms with Crippen molar-refractivity contribution in [2.75, 3.05) is 0 Å². The normalized spacial score (nSPS) is 38.7. The summed E-state index contributed by atoms with van der Waals surface area (Å²) in [5.41, 5.74) is -14.4. The number of carbonyl (C=O) groups is 13. The van der Waals surface area contributed by atoms with E-state index in [9.17, 15) is 67.4 Å². The standard InChI is InChI=1S/C30H44O5.C26H42O6.C24H38O5.C22H34O5.C21H34O4/c1-6-26(2,3)24(32)35-30-15-21-13-28(17-30,14-22(16-30)23(21)31)25(33)34-27(4,5)29-10-18-7-19(11-29)9-20(8-18)12-29;1-10-23(8,9)18(27)32-26-13-17-11-24(15-26,19(28)30-21(2,3)4)14-25(12-17,16-26)20(29)31-22(5,6)7;1-5-20(3,4)18(25)28-24-13-17-11-21(15-24,14-22(27,12-17)16-24)19(26)29-23(6-2)9-7-8-10-23;1-7-19(3,4)17(24)27-22-11-14-9-21(13-22,10-15(12-22)16(14)23)18(25)26-20(5,6)8-2;1-7-19(5,6)16(22)25-21-11-14-8-15(12-21)10-20(9-14,13-21)17(23)24-18(2,3)4/h18-22H,6-17H2,1-5H3;17H,10-16H2,1-9H3;17,27H,5-16H2,1-4H3;14-15H,7-13H2,1-6H3;14-15H,7-13H2,1-6H3. The summed E-state index contributed by atoms with van der Waals surface area (Å²) >= 11 is 0. The zero-order chi connectivity index (χ0) is 109. The molecule has 0 aromatic carbocycles. The van der Waals surface area contributed by atoms with Crippen molar-refractivity contribution >= 4 is 77.2 Å². The number of carbonyl (C=O) groups excluding carboxylic acids is 13. The van der Waals surface area contributed by atoms with E-state index in [2.05, 4.69) is 20.8 Å². The van der Waals surface area contributed by atoms with Gasteiger partial charge in [0.05, 0.1) is 65.2 Å². The Hall–Kier alpha value is -6.53. The number of aliphatic hydroxyl groups is 1. The lowest BCUT2D eigenvalue weighted by atomic mass is 9.42. The van der Waals surface area contributed by atoms with E-state index >= 15 is 0 Å². The molecule has 0 radical (unpaired) electrons. The van der Waals surface area contributed by atoms with Crippen LogP contribution in [0.3, 0.4) is 0 Å². The molecule has 0 aromatic rings. The highest BCUT2D eigenvalue weighted by Gasteiger charge is 2.76. The zero-order valence-electron chi connectivity index (χ0n) is 96.9. The van der Waals surface area contributed by atoms with Gasteiger partial charge in [-0.3, -0.25) is 62.3 Å². The predicted molar refractivity (Wildman–Crippen MR) is 558 cm³/mol. The smallest absolute Gasteiger partial charge is 0.312 e. The SMILES string of the molecule is CCC(C)(C)C(=O)OC12CC3CC(C(=O)OC(C)(C)C)(C1)CC(C(=O)OC(C)(C)C)(C3)C2.CCC(C)(C)C(=O)OC12CC3CC(C(=O)OC(C)(C)C45CC6CC(CC(C6)C4)C5)(CC(C1)C3=O)C2.CCC(C)(C)C(=O)OC12CC3CC(C1)CC(C(=O)OC(C)(C)C)(C3)C2.CCC(C)(C)OC(=O)C12CC3CC(OC(=O)C(C)(C)CC)(CC(C1)C3=O)C2.CCC1(OC(=O)C23CC4CC(O)(CC(OC(=O)C(C)(C)CC)(C4)C2)C3)CCCC1. The number of hydrogen-bond donors (Lipinski definition) is 1. The molecule has 0 aliphatic heterocycles. The van der Waals surface area contributed by atoms with Crippen molar-refractivity contribution in [2.45, 2.75) is 564 Å². The number of esters is 11. The summed E-state index contributed by atoms with van der Waals surface area (Å²) in [5.74, 6) is 1.25. The van der Waals surface area contributed by atoms with E-state index in [1.54, 1.807) is 0 Å². The van der Waals surface area contributed by atoms with Crippen LogP contribution >= 0.6 is 0 Å². The molecule has 1 N–H and O–H groups in total. The van der Waals surface area contributed by atoms with E-state index in [0.717, 1.165) is 101 Å². The lowest BCUT2D eigenvalue weighted by molar-refractivity contribution is -0.254. The second kappa shape index (κ2) is 38.8. The second-order valence-electron chi connectivity index (χ2n) is 60.8. The molecule has 12 unspecified atom stereocenters. The van der Waals surface area contributed by atoms with Gasteiger partial charge in [0.15, 0.2) is 0 Å². The molecule has 148 heavy (non-hydrogen) atoms. The van der Waals surface area contributed by atoms with E-state index in [-0.39, 0.29) is 124 Å². The largest absolute Gasteiger partial charge is 0.460 e. The quantitative estimate of drug-likeness (QED) is 0.0589. The second-order valence-corrected chi connectivity index (χ2v) is 60.8. The Morgan fingerprint density at radius 2 is 0.534 bits per heavy atom. The molecule has 25 aliphatic carbocycles. The molecule has 0 spiro atoms. The monoisotopic (exact) mass is 2070 g/mol. The zero-order valence-corrected chi connectivity index (χ0v) is 96.9. The third-order valence-corrected chi connectivity index (χ3v) is 41.8. The summed E-state index contributed by atoms with van der Waals surface area (Å²) in [4.78, 5) is 171. The first-order valence-corrected chi connectivity index (χ1v) is 58.3. The molecule has 0 heterocycles. The van der Waals surface area contributed by atoms with Crippen LogP contribution in [0.15, 0.2) is 0 Å². The number of rotatable bonds is 27. The highest BCUT2D eigenvalue weighted by molar-refractivity contribution is 5.93. The lowest BCUT2D eigenvalue weighted by Crippen LogP contribution is -2.67. The Balaban J connectivity index is 0.000000139. The molecule has 25 saturated carbocycles. The first-order chi connectivity index (χ1) is 67.9. The highest BCUT2D eigenvalue weighted by atomic mass is 16.6. The number of Topliss-reactive ketones (excluding diaryl/α,β-unsaturated/α-hetero) is 2.